The molecule has 11 nitrogen and oxygen atoms in total. The number of aliphatic hydroxyl groups is 1. The highest BCUT2D eigenvalue weighted by Gasteiger charge is 2.41. The molecular weight excluding hydrogens is 662 g/mol. The van der Waals surface area contributed by atoms with E-state index in [4.69, 9.17) is 19.9 Å². The normalized spacial score (nSPS) is 13.1. The molecule has 0 radical (unpaired) electrons. The summed E-state index contributed by atoms with van der Waals surface area (Å²) in [7, 11) is 0. The highest BCUT2D eigenvalue weighted by Crippen LogP contribution is 2.21. The molecule has 0 aromatic heterocycles. The van der Waals surface area contributed by atoms with Crippen LogP contribution in [0.15, 0.2) is 84.9 Å². The fourth-order valence-corrected chi connectivity index (χ4v) is 5.50. The Hall–Kier alpha value is -4.74. The van der Waals surface area contributed by atoms with Crippen molar-refractivity contribution in [2.45, 2.75) is 97.6 Å². The van der Waals surface area contributed by atoms with Crippen molar-refractivity contribution in [3.63, 3.8) is 0 Å². The third-order valence-corrected chi connectivity index (χ3v) is 8.34. The summed E-state index contributed by atoms with van der Waals surface area (Å²) in [6, 6.07) is 24.3. The molecular formula is C41H55N3O8. The molecule has 0 aliphatic carbocycles. The number of nitrogens with one attached hydrogen (secondary N) is 1. The number of ether oxygens (including phenoxy) is 3. The van der Waals surface area contributed by atoms with Gasteiger partial charge in [-0.05, 0) is 74.8 Å². The molecule has 282 valence electrons. The first-order chi connectivity index (χ1) is 24.8. The van der Waals surface area contributed by atoms with Gasteiger partial charge >= 0.3 is 12.1 Å². The van der Waals surface area contributed by atoms with Crippen molar-refractivity contribution in [3.05, 3.63) is 102 Å². The van der Waals surface area contributed by atoms with Gasteiger partial charge in [-0.1, -0.05) is 93.1 Å². The number of alkyl carbamates (subject to hydrolysis) is 1. The van der Waals surface area contributed by atoms with Gasteiger partial charge < -0.3 is 30.4 Å². The van der Waals surface area contributed by atoms with Crippen LogP contribution in [-0.2, 0) is 43.5 Å². The van der Waals surface area contributed by atoms with E-state index in [0.29, 0.717) is 19.4 Å². The number of aryl methyl sites for hydroxylation is 1. The highest BCUT2D eigenvalue weighted by atomic mass is 16.6. The Labute approximate surface area is 307 Å². The Morgan fingerprint density at radius 2 is 1.40 bits per heavy atom. The van der Waals surface area contributed by atoms with Gasteiger partial charge in [-0.3, -0.25) is 14.5 Å². The van der Waals surface area contributed by atoms with Gasteiger partial charge in [0.05, 0.1) is 6.04 Å². The second kappa shape index (κ2) is 20.9. The molecule has 0 bridgehead atoms. The molecule has 0 saturated heterocycles. The maximum Gasteiger partial charge on any atom is 0.407 e. The number of aliphatic hydroxyl groups excluding tert-OH is 1. The molecule has 3 aromatic carbocycles. The predicted octanol–water partition coefficient (Wildman–Crippen LogP) is 5.95. The van der Waals surface area contributed by atoms with E-state index < -0.39 is 60.0 Å². The summed E-state index contributed by atoms with van der Waals surface area (Å²) in [5.41, 5.74) is 8.59. The third-order valence-electron chi connectivity index (χ3n) is 8.34. The Morgan fingerprint density at radius 1 is 0.808 bits per heavy atom. The zero-order chi connectivity index (χ0) is 38.1. The fraction of sp³-hybridized carbons (Fsp3) is 0.463. The van der Waals surface area contributed by atoms with Gasteiger partial charge in [0.2, 0.25) is 11.8 Å². The van der Waals surface area contributed by atoms with Crippen LogP contribution in [-0.4, -0.2) is 64.7 Å². The molecule has 3 amide bonds. The molecule has 3 atom stereocenters. The Balaban J connectivity index is 1.65. The standard InChI is InChI=1S/C41H55N3O8/c1-29(2)37(39(48)51-28-32-18-12-7-13-19-32)44(38(47)36(42)33(26-45)25-43-40(49)52-41(3,4)5)35(46)20-14-8-9-15-30-21-23-34(24-22-30)50-27-31-16-10-6-11-17-31/h6-7,10-13,16-19,21-24,29,33,36-37,45H,8-9,14-15,20,25-28,42H2,1-5H3,(H,43,49)/t33?,36-,37-/m0/s1. The summed E-state index contributed by atoms with van der Waals surface area (Å²) in [6.45, 7) is 8.27. The minimum atomic E-state index is -1.41. The van der Waals surface area contributed by atoms with Gasteiger partial charge in [-0.25, -0.2) is 9.59 Å². The van der Waals surface area contributed by atoms with Crippen LogP contribution in [0.4, 0.5) is 4.79 Å². The fourth-order valence-electron chi connectivity index (χ4n) is 5.50. The average Bonchev–Trinajstić information content (AvgIpc) is 3.12. The van der Waals surface area contributed by atoms with Gasteiger partial charge in [0.25, 0.3) is 0 Å². The van der Waals surface area contributed by atoms with E-state index >= 15 is 0 Å². The van der Waals surface area contributed by atoms with E-state index in [9.17, 15) is 24.3 Å². The summed E-state index contributed by atoms with van der Waals surface area (Å²) in [5, 5.41) is 12.7. The Kier molecular flexibility index (Phi) is 16.8. The smallest absolute Gasteiger partial charge is 0.407 e. The molecule has 0 heterocycles. The van der Waals surface area contributed by atoms with Gasteiger partial charge in [0.1, 0.15) is 30.6 Å². The largest absolute Gasteiger partial charge is 0.489 e. The van der Waals surface area contributed by atoms with Crippen molar-refractivity contribution in [3.8, 4) is 5.75 Å². The molecule has 1 unspecified atom stereocenters. The minimum Gasteiger partial charge on any atom is -0.489 e. The predicted molar refractivity (Wildman–Crippen MR) is 199 cm³/mol. The van der Waals surface area contributed by atoms with E-state index in [-0.39, 0.29) is 19.6 Å². The molecule has 0 aliphatic rings. The maximum atomic E-state index is 14.0. The summed E-state index contributed by atoms with van der Waals surface area (Å²) in [4.78, 5) is 54.6. The molecule has 0 saturated carbocycles. The number of benzene rings is 3. The zero-order valence-corrected chi connectivity index (χ0v) is 31.1. The van der Waals surface area contributed by atoms with Crippen LogP contribution in [0.2, 0.25) is 0 Å². The molecule has 0 spiro atoms. The van der Waals surface area contributed by atoms with Crippen molar-refractivity contribution >= 4 is 23.9 Å². The van der Waals surface area contributed by atoms with E-state index in [1.54, 1.807) is 46.8 Å². The SMILES string of the molecule is CC(C)[C@@H](C(=O)OCc1ccccc1)N(C(=O)CCCCCc1ccc(OCc2ccccc2)cc1)C(=O)[C@@H](N)C(CO)CNC(=O)OC(C)(C)C. The van der Waals surface area contributed by atoms with Gasteiger partial charge in [0.15, 0.2) is 0 Å². The molecule has 0 aliphatic heterocycles. The number of imide groups is 1. The van der Waals surface area contributed by atoms with Crippen molar-refractivity contribution in [2.24, 2.45) is 17.6 Å². The van der Waals surface area contributed by atoms with Crippen molar-refractivity contribution < 1.29 is 38.5 Å². The highest BCUT2D eigenvalue weighted by molar-refractivity contribution is 6.01. The zero-order valence-electron chi connectivity index (χ0n) is 31.1. The van der Waals surface area contributed by atoms with Crippen molar-refractivity contribution in [1.29, 1.82) is 0 Å². The minimum absolute atomic E-state index is 0.000140. The Morgan fingerprint density at radius 3 is 1.96 bits per heavy atom. The van der Waals surface area contributed by atoms with Crippen LogP contribution in [0, 0.1) is 11.8 Å². The van der Waals surface area contributed by atoms with Crippen LogP contribution in [0.25, 0.3) is 0 Å². The van der Waals surface area contributed by atoms with Crippen LogP contribution in [0.1, 0.15) is 77.0 Å². The summed E-state index contributed by atoms with van der Waals surface area (Å²) < 4.78 is 16.7. The first kappa shape index (κ1) is 41.7. The Bertz CT molecular complexity index is 1540. The number of carbonyl (C=O) groups excluding carboxylic acids is 4. The number of esters is 1. The second-order valence-corrected chi connectivity index (χ2v) is 14.2. The van der Waals surface area contributed by atoms with Gasteiger partial charge in [-0.2, -0.15) is 0 Å². The van der Waals surface area contributed by atoms with Crippen molar-refractivity contribution in [1.82, 2.24) is 10.2 Å². The topological polar surface area (TPSA) is 157 Å². The number of rotatable bonds is 19. The first-order valence-corrected chi connectivity index (χ1v) is 17.9. The number of amides is 3. The molecule has 11 heteroatoms. The third kappa shape index (κ3) is 14.1. The van der Waals surface area contributed by atoms with Crippen LogP contribution in [0.5, 0.6) is 5.75 Å². The van der Waals surface area contributed by atoms with Crippen LogP contribution < -0.4 is 15.8 Å². The lowest BCUT2D eigenvalue weighted by Gasteiger charge is -2.34. The van der Waals surface area contributed by atoms with Gasteiger partial charge in [-0.15, -0.1) is 0 Å². The molecule has 4 N–H and O–H groups in total. The number of unbranched alkanes of at least 4 members (excludes halogenated alkanes) is 2. The number of nitrogens with zero attached hydrogens (tertiary/aromatic N) is 1. The van der Waals surface area contributed by atoms with E-state index in [1.807, 2.05) is 72.8 Å². The molecule has 3 rings (SSSR count). The van der Waals surface area contributed by atoms with Crippen LogP contribution >= 0.6 is 0 Å². The van der Waals surface area contributed by atoms with Crippen LogP contribution in [0.3, 0.4) is 0 Å². The average molecular weight is 718 g/mol. The lowest BCUT2D eigenvalue weighted by atomic mass is 9.95. The quantitative estimate of drug-likeness (QED) is 0.101. The monoisotopic (exact) mass is 717 g/mol. The summed E-state index contributed by atoms with van der Waals surface area (Å²) in [6.07, 6.45) is 2.04. The molecule has 52 heavy (non-hydrogen) atoms. The molecule has 0 fully saturated rings. The number of hydrogen-bond acceptors (Lipinski definition) is 9. The lowest BCUT2D eigenvalue weighted by molar-refractivity contribution is -0.165. The summed E-state index contributed by atoms with van der Waals surface area (Å²) in [5.74, 6) is -2.81. The van der Waals surface area contributed by atoms with E-state index in [1.165, 1.54) is 0 Å². The second-order valence-electron chi connectivity index (χ2n) is 14.2. The van der Waals surface area contributed by atoms with Gasteiger partial charge in [0, 0.05) is 25.5 Å². The van der Waals surface area contributed by atoms with E-state index in [2.05, 4.69) is 5.32 Å². The number of hydrogen-bond donors (Lipinski definition) is 3. The lowest BCUT2D eigenvalue weighted by Crippen LogP contribution is -2.59. The molecule has 3 aromatic rings. The maximum absolute atomic E-state index is 14.0. The summed E-state index contributed by atoms with van der Waals surface area (Å²) >= 11 is 0. The van der Waals surface area contributed by atoms with Crippen molar-refractivity contribution in [2.75, 3.05) is 13.2 Å². The number of nitrogens with two attached hydrogens (primary N) is 1. The van der Waals surface area contributed by atoms with E-state index in [0.717, 1.165) is 40.2 Å². The first-order valence-electron chi connectivity index (χ1n) is 17.9. The number of carbonyl (C=O) groups is 4.